The third-order valence-corrected chi connectivity index (χ3v) is 4.11. The molecular formula is C13H23ClN2O3. The highest BCUT2D eigenvalue weighted by Gasteiger charge is 2.44. The molecule has 0 aromatic carbocycles. The van der Waals surface area contributed by atoms with Gasteiger partial charge in [-0.2, -0.15) is 0 Å². The van der Waals surface area contributed by atoms with Crippen LogP contribution in [0.15, 0.2) is 0 Å². The predicted octanol–water partition coefficient (Wildman–Crippen LogP) is 1.01. The van der Waals surface area contributed by atoms with Gasteiger partial charge in [0.05, 0.1) is 7.11 Å². The summed E-state index contributed by atoms with van der Waals surface area (Å²) in [7, 11) is 1.39. The van der Waals surface area contributed by atoms with Crippen molar-refractivity contribution in [3.05, 3.63) is 0 Å². The molecule has 1 aliphatic heterocycles. The monoisotopic (exact) mass is 290 g/mol. The number of hydrogen-bond donors (Lipinski definition) is 2. The summed E-state index contributed by atoms with van der Waals surface area (Å²) in [6.07, 6.45) is 5.06. The molecule has 0 aromatic heterocycles. The molecule has 2 fully saturated rings. The van der Waals surface area contributed by atoms with Crippen molar-refractivity contribution >= 4 is 24.3 Å². The van der Waals surface area contributed by atoms with Crippen molar-refractivity contribution in [2.75, 3.05) is 20.2 Å². The molecule has 1 saturated carbocycles. The molecule has 1 aliphatic carbocycles. The summed E-state index contributed by atoms with van der Waals surface area (Å²) in [5.74, 6) is -0.237. The summed E-state index contributed by atoms with van der Waals surface area (Å²) in [6, 6.07) is 0. The Bertz CT molecular complexity index is 324. The second-order valence-electron chi connectivity index (χ2n) is 5.29. The quantitative estimate of drug-likeness (QED) is 0.761. The maximum atomic E-state index is 12.2. The average Bonchev–Trinajstić information content (AvgIpc) is 2.88. The largest absolute Gasteiger partial charge is 0.467 e. The molecule has 5 nitrogen and oxygen atoms in total. The van der Waals surface area contributed by atoms with E-state index in [-0.39, 0.29) is 30.2 Å². The average molecular weight is 291 g/mol. The molecule has 0 radical (unpaired) electrons. The Morgan fingerprint density at radius 1 is 1.21 bits per heavy atom. The highest BCUT2D eigenvalue weighted by molar-refractivity contribution is 5.89. The first-order chi connectivity index (χ1) is 8.68. The lowest BCUT2D eigenvalue weighted by atomic mass is 9.92. The number of rotatable bonds is 3. The third kappa shape index (κ3) is 3.60. The van der Waals surface area contributed by atoms with E-state index < -0.39 is 5.54 Å². The lowest BCUT2D eigenvalue weighted by Crippen LogP contribution is -2.55. The number of piperidine rings is 1. The van der Waals surface area contributed by atoms with E-state index in [1.54, 1.807) is 0 Å². The molecule has 0 unspecified atom stereocenters. The number of methoxy groups -OCH3 is 1. The van der Waals surface area contributed by atoms with Gasteiger partial charge >= 0.3 is 5.97 Å². The van der Waals surface area contributed by atoms with E-state index in [9.17, 15) is 9.59 Å². The number of nitrogens with one attached hydrogen (secondary N) is 2. The molecule has 0 spiro atoms. The van der Waals surface area contributed by atoms with Crippen molar-refractivity contribution in [1.82, 2.24) is 10.6 Å². The molecule has 1 saturated heterocycles. The summed E-state index contributed by atoms with van der Waals surface area (Å²) in [5, 5.41) is 6.21. The van der Waals surface area contributed by atoms with E-state index in [2.05, 4.69) is 10.6 Å². The van der Waals surface area contributed by atoms with Crippen LogP contribution in [0.1, 0.15) is 38.5 Å². The minimum Gasteiger partial charge on any atom is -0.467 e. The van der Waals surface area contributed by atoms with Gasteiger partial charge in [0, 0.05) is 5.92 Å². The Hall–Kier alpha value is -0.810. The van der Waals surface area contributed by atoms with Crippen molar-refractivity contribution in [3.8, 4) is 0 Å². The summed E-state index contributed by atoms with van der Waals surface area (Å²) >= 11 is 0. The molecule has 2 rings (SSSR count). The fraction of sp³-hybridized carbons (Fsp3) is 0.846. The Labute approximate surface area is 120 Å². The van der Waals surface area contributed by atoms with Crippen LogP contribution in [0.3, 0.4) is 0 Å². The molecule has 2 aliphatic rings. The van der Waals surface area contributed by atoms with Crippen molar-refractivity contribution in [2.24, 2.45) is 5.92 Å². The Kier molecular flexibility index (Phi) is 6.07. The van der Waals surface area contributed by atoms with Crippen LogP contribution in [0.2, 0.25) is 0 Å². The summed E-state index contributed by atoms with van der Waals surface area (Å²) in [5.41, 5.74) is -0.753. The minimum atomic E-state index is -0.753. The molecule has 1 heterocycles. The number of esters is 1. The van der Waals surface area contributed by atoms with Crippen LogP contribution in [0, 0.1) is 5.92 Å². The molecule has 110 valence electrons. The molecular weight excluding hydrogens is 268 g/mol. The van der Waals surface area contributed by atoms with Crippen LogP contribution in [0.4, 0.5) is 0 Å². The zero-order valence-corrected chi connectivity index (χ0v) is 12.2. The van der Waals surface area contributed by atoms with Crippen LogP contribution in [0.5, 0.6) is 0 Å². The zero-order valence-electron chi connectivity index (χ0n) is 11.4. The molecule has 0 atom stereocenters. The smallest absolute Gasteiger partial charge is 0.331 e. The van der Waals surface area contributed by atoms with Crippen LogP contribution in [-0.4, -0.2) is 37.6 Å². The van der Waals surface area contributed by atoms with E-state index >= 15 is 0 Å². The van der Waals surface area contributed by atoms with Gasteiger partial charge in [0.15, 0.2) is 0 Å². The Morgan fingerprint density at radius 3 is 2.32 bits per heavy atom. The number of amides is 1. The fourth-order valence-corrected chi connectivity index (χ4v) is 2.98. The molecule has 1 amide bonds. The highest BCUT2D eigenvalue weighted by atomic mass is 35.5. The van der Waals surface area contributed by atoms with Crippen molar-refractivity contribution in [3.63, 3.8) is 0 Å². The number of hydrogen-bond acceptors (Lipinski definition) is 4. The van der Waals surface area contributed by atoms with E-state index in [1.807, 2.05) is 0 Å². The molecule has 19 heavy (non-hydrogen) atoms. The minimum absolute atomic E-state index is 0. The normalized spacial score (nSPS) is 22.4. The number of carbonyl (C=O) groups excluding carboxylic acids is 2. The topological polar surface area (TPSA) is 67.4 Å². The third-order valence-electron chi connectivity index (χ3n) is 4.11. The SMILES string of the molecule is COC(=O)C1(NC(=O)C2CCNCC2)CCCC1.Cl. The lowest BCUT2D eigenvalue weighted by Gasteiger charge is -2.30. The maximum Gasteiger partial charge on any atom is 0.331 e. The standard InChI is InChI=1S/C13H22N2O3.ClH/c1-18-12(17)13(6-2-3-7-13)15-11(16)10-4-8-14-9-5-10;/h10,14H,2-9H2,1H3,(H,15,16);1H. The van der Waals surface area contributed by atoms with Crippen LogP contribution in [0.25, 0.3) is 0 Å². The van der Waals surface area contributed by atoms with Crippen molar-refractivity contribution in [1.29, 1.82) is 0 Å². The Morgan fingerprint density at radius 2 is 1.79 bits per heavy atom. The molecule has 6 heteroatoms. The van der Waals surface area contributed by atoms with E-state index in [0.29, 0.717) is 12.8 Å². The van der Waals surface area contributed by atoms with Crippen molar-refractivity contribution < 1.29 is 14.3 Å². The number of ether oxygens (including phenoxy) is 1. The second-order valence-corrected chi connectivity index (χ2v) is 5.29. The van der Waals surface area contributed by atoms with E-state index in [0.717, 1.165) is 38.8 Å². The van der Waals surface area contributed by atoms with Gasteiger partial charge in [-0.1, -0.05) is 12.8 Å². The second kappa shape index (κ2) is 7.10. The maximum absolute atomic E-state index is 12.2. The van der Waals surface area contributed by atoms with Crippen molar-refractivity contribution in [2.45, 2.75) is 44.1 Å². The van der Waals surface area contributed by atoms with Crippen LogP contribution >= 0.6 is 12.4 Å². The molecule has 0 aromatic rings. The number of halogens is 1. The first kappa shape index (κ1) is 16.2. The fourth-order valence-electron chi connectivity index (χ4n) is 2.98. The van der Waals surface area contributed by atoms with Gasteiger partial charge < -0.3 is 15.4 Å². The lowest BCUT2D eigenvalue weighted by molar-refractivity contribution is -0.151. The zero-order chi connectivity index (χ0) is 13.0. The van der Waals surface area contributed by atoms with Gasteiger partial charge in [-0.25, -0.2) is 4.79 Å². The first-order valence-electron chi connectivity index (χ1n) is 6.79. The van der Waals surface area contributed by atoms with Gasteiger partial charge in [-0.05, 0) is 38.8 Å². The molecule has 2 N–H and O–H groups in total. The summed E-state index contributed by atoms with van der Waals surface area (Å²) in [4.78, 5) is 24.1. The van der Waals surface area contributed by atoms with Gasteiger partial charge in [-0.15, -0.1) is 12.4 Å². The van der Waals surface area contributed by atoms with E-state index in [1.165, 1.54) is 7.11 Å². The van der Waals surface area contributed by atoms with Crippen LogP contribution < -0.4 is 10.6 Å². The van der Waals surface area contributed by atoms with Gasteiger partial charge in [0.2, 0.25) is 5.91 Å². The van der Waals surface area contributed by atoms with Gasteiger partial charge in [0.25, 0.3) is 0 Å². The first-order valence-corrected chi connectivity index (χ1v) is 6.79. The molecule has 0 bridgehead atoms. The Balaban J connectivity index is 0.00000180. The summed E-state index contributed by atoms with van der Waals surface area (Å²) in [6.45, 7) is 1.76. The predicted molar refractivity (Wildman–Crippen MR) is 74.2 cm³/mol. The summed E-state index contributed by atoms with van der Waals surface area (Å²) < 4.78 is 4.86. The highest BCUT2D eigenvalue weighted by Crippen LogP contribution is 2.31. The van der Waals surface area contributed by atoms with Gasteiger partial charge in [-0.3, -0.25) is 4.79 Å². The van der Waals surface area contributed by atoms with E-state index in [4.69, 9.17) is 4.74 Å². The van der Waals surface area contributed by atoms with Gasteiger partial charge in [0.1, 0.15) is 5.54 Å². The number of carbonyl (C=O) groups is 2. The van der Waals surface area contributed by atoms with Crippen LogP contribution in [-0.2, 0) is 14.3 Å².